The molecular formula is C12H14. The van der Waals surface area contributed by atoms with Crippen LogP contribution < -0.4 is 0 Å². The fourth-order valence-corrected chi connectivity index (χ4v) is 1.80. The maximum atomic E-state index is 3.88. The molecule has 0 aromatic heterocycles. The minimum absolute atomic E-state index is 0.526. The zero-order valence-electron chi connectivity index (χ0n) is 7.29. The van der Waals surface area contributed by atoms with E-state index >= 15 is 0 Å². The molecule has 2 aliphatic carbocycles. The molecular weight excluding hydrogens is 144 g/mol. The second-order valence-corrected chi connectivity index (χ2v) is 3.41. The minimum Gasteiger partial charge on any atom is -0.0988 e. The van der Waals surface area contributed by atoms with Crippen LogP contribution in [0.3, 0.4) is 0 Å². The van der Waals surface area contributed by atoms with Crippen molar-refractivity contribution in [3.05, 3.63) is 48.1 Å². The van der Waals surface area contributed by atoms with E-state index in [9.17, 15) is 0 Å². The smallest absolute Gasteiger partial charge is 0.0204 e. The second kappa shape index (κ2) is 3.14. The van der Waals surface area contributed by atoms with Crippen molar-refractivity contribution in [3.8, 4) is 0 Å². The van der Waals surface area contributed by atoms with E-state index in [-0.39, 0.29) is 0 Å². The average molecular weight is 158 g/mol. The molecule has 1 saturated carbocycles. The van der Waals surface area contributed by atoms with E-state index in [1.165, 1.54) is 24.8 Å². The van der Waals surface area contributed by atoms with Gasteiger partial charge in [-0.2, -0.15) is 0 Å². The van der Waals surface area contributed by atoms with Crippen molar-refractivity contribution in [3.63, 3.8) is 0 Å². The first-order chi connectivity index (χ1) is 5.92. The van der Waals surface area contributed by atoms with Gasteiger partial charge in [0.25, 0.3) is 0 Å². The summed E-state index contributed by atoms with van der Waals surface area (Å²) in [6.07, 6.45) is 14.7. The highest BCUT2D eigenvalue weighted by atomic mass is 14.2. The zero-order valence-corrected chi connectivity index (χ0v) is 7.29. The monoisotopic (exact) mass is 158 g/mol. The zero-order chi connectivity index (χ0) is 8.39. The van der Waals surface area contributed by atoms with E-state index in [0.29, 0.717) is 5.92 Å². The quantitative estimate of drug-likeness (QED) is 0.577. The van der Waals surface area contributed by atoms with Crippen molar-refractivity contribution in [1.29, 1.82) is 0 Å². The molecule has 0 heteroatoms. The lowest BCUT2D eigenvalue weighted by molar-refractivity contribution is 0.644. The number of rotatable bonds is 2. The molecule has 0 N–H and O–H groups in total. The summed E-state index contributed by atoms with van der Waals surface area (Å²) in [7, 11) is 0. The molecule has 0 saturated heterocycles. The lowest BCUT2D eigenvalue weighted by atomic mass is 9.83. The molecule has 0 heterocycles. The van der Waals surface area contributed by atoms with Crippen LogP contribution in [-0.2, 0) is 0 Å². The van der Waals surface area contributed by atoms with Crippen LogP contribution in [0.15, 0.2) is 48.1 Å². The Hall–Kier alpha value is -1.04. The van der Waals surface area contributed by atoms with Crippen LogP contribution >= 0.6 is 0 Å². The molecule has 0 atom stereocenters. The van der Waals surface area contributed by atoms with Crippen LogP contribution in [-0.4, -0.2) is 0 Å². The van der Waals surface area contributed by atoms with E-state index in [1.54, 1.807) is 5.57 Å². The van der Waals surface area contributed by atoms with Gasteiger partial charge in [0.1, 0.15) is 0 Å². The second-order valence-electron chi connectivity index (χ2n) is 3.41. The topological polar surface area (TPSA) is 0 Å². The van der Waals surface area contributed by atoms with Crippen molar-refractivity contribution < 1.29 is 0 Å². The summed E-state index contributed by atoms with van der Waals surface area (Å²) in [5, 5.41) is 0. The van der Waals surface area contributed by atoms with Gasteiger partial charge in [-0.1, -0.05) is 42.5 Å². The van der Waals surface area contributed by atoms with Gasteiger partial charge in [0.2, 0.25) is 0 Å². The normalized spacial score (nSPS) is 21.2. The SMILES string of the molecule is C=CC(=C1CCC1)C1C=CC=C1. The van der Waals surface area contributed by atoms with Crippen molar-refractivity contribution in [2.24, 2.45) is 5.92 Å². The first kappa shape index (κ1) is 7.60. The number of hydrogen-bond acceptors (Lipinski definition) is 0. The van der Waals surface area contributed by atoms with Gasteiger partial charge in [-0.05, 0) is 24.8 Å². The molecule has 12 heavy (non-hydrogen) atoms. The van der Waals surface area contributed by atoms with Crippen molar-refractivity contribution in [2.75, 3.05) is 0 Å². The Bertz CT molecular complexity index is 258. The fourth-order valence-electron chi connectivity index (χ4n) is 1.80. The third-order valence-electron chi connectivity index (χ3n) is 2.69. The highest BCUT2D eigenvalue weighted by Crippen LogP contribution is 2.34. The number of allylic oxidation sites excluding steroid dienone is 7. The fraction of sp³-hybridized carbons (Fsp3) is 0.333. The highest BCUT2D eigenvalue weighted by molar-refractivity contribution is 5.39. The van der Waals surface area contributed by atoms with E-state index < -0.39 is 0 Å². The van der Waals surface area contributed by atoms with Crippen LogP contribution in [0, 0.1) is 5.92 Å². The van der Waals surface area contributed by atoms with E-state index in [1.807, 2.05) is 6.08 Å². The molecule has 0 unspecified atom stereocenters. The Morgan fingerprint density at radius 1 is 1.33 bits per heavy atom. The Balaban J connectivity index is 2.22. The third kappa shape index (κ3) is 1.18. The lowest BCUT2D eigenvalue weighted by Gasteiger charge is -2.22. The van der Waals surface area contributed by atoms with Gasteiger partial charge in [0.15, 0.2) is 0 Å². The molecule has 0 aromatic carbocycles. The molecule has 0 spiro atoms. The molecule has 2 aliphatic rings. The highest BCUT2D eigenvalue weighted by Gasteiger charge is 2.17. The molecule has 0 aliphatic heterocycles. The molecule has 2 rings (SSSR count). The van der Waals surface area contributed by atoms with Crippen molar-refractivity contribution in [2.45, 2.75) is 19.3 Å². The van der Waals surface area contributed by atoms with Gasteiger partial charge in [-0.3, -0.25) is 0 Å². The minimum atomic E-state index is 0.526. The van der Waals surface area contributed by atoms with Gasteiger partial charge >= 0.3 is 0 Å². The first-order valence-electron chi connectivity index (χ1n) is 4.61. The summed E-state index contributed by atoms with van der Waals surface area (Å²) in [6.45, 7) is 3.88. The summed E-state index contributed by atoms with van der Waals surface area (Å²) in [4.78, 5) is 0. The standard InChI is InChI=1S/C12H14/c1-2-12(11-8-5-9-11)10-6-3-4-7-10/h2-4,6-7,10H,1,5,8-9H2. The summed E-state index contributed by atoms with van der Waals surface area (Å²) in [5.41, 5.74) is 3.07. The van der Waals surface area contributed by atoms with Crippen LogP contribution in [0.1, 0.15) is 19.3 Å². The largest absolute Gasteiger partial charge is 0.0988 e. The molecule has 0 nitrogen and oxygen atoms in total. The number of hydrogen-bond donors (Lipinski definition) is 0. The molecule has 0 radical (unpaired) electrons. The summed E-state index contributed by atoms with van der Waals surface area (Å²) in [5.74, 6) is 0.526. The van der Waals surface area contributed by atoms with Gasteiger partial charge in [-0.25, -0.2) is 0 Å². The maximum Gasteiger partial charge on any atom is 0.0204 e. The molecule has 0 amide bonds. The predicted octanol–water partition coefficient (Wildman–Crippen LogP) is 3.40. The Kier molecular flexibility index (Phi) is 1.99. The van der Waals surface area contributed by atoms with Crippen molar-refractivity contribution >= 4 is 0 Å². The Labute approximate surface area is 74.0 Å². The van der Waals surface area contributed by atoms with Crippen LogP contribution in [0.5, 0.6) is 0 Å². The molecule has 1 fully saturated rings. The first-order valence-corrected chi connectivity index (χ1v) is 4.61. The molecule has 0 bridgehead atoms. The Morgan fingerprint density at radius 3 is 2.42 bits per heavy atom. The predicted molar refractivity (Wildman–Crippen MR) is 52.8 cm³/mol. The van der Waals surface area contributed by atoms with E-state index in [4.69, 9.17) is 0 Å². The Morgan fingerprint density at radius 2 is 2.00 bits per heavy atom. The van der Waals surface area contributed by atoms with Gasteiger partial charge < -0.3 is 0 Å². The summed E-state index contributed by atoms with van der Waals surface area (Å²) >= 11 is 0. The summed E-state index contributed by atoms with van der Waals surface area (Å²) < 4.78 is 0. The molecule has 0 aromatic rings. The van der Waals surface area contributed by atoms with Crippen LogP contribution in [0.4, 0.5) is 0 Å². The van der Waals surface area contributed by atoms with Gasteiger partial charge in [-0.15, -0.1) is 0 Å². The van der Waals surface area contributed by atoms with Crippen LogP contribution in [0.2, 0.25) is 0 Å². The van der Waals surface area contributed by atoms with Crippen LogP contribution in [0.25, 0.3) is 0 Å². The lowest BCUT2D eigenvalue weighted by Crippen LogP contribution is -2.05. The third-order valence-corrected chi connectivity index (χ3v) is 2.69. The molecule has 62 valence electrons. The van der Waals surface area contributed by atoms with Crippen molar-refractivity contribution in [1.82, 2.24) is 0 Å². The average Bonchev–Trinajstić information content (AvgIpc) is 2.47. The van der Waals surface area contributed by atoms with E-state index in [0.717, 1.165) is 0 Å². The maximum absolute atomic E-state index is 3.88. The van der Waals surface area contributed by atoms with Gasteiger partial charge in [0, 0.05) is 5.92 Å². The van der Waals surface area contributed by atoms with Gasteiger partial charge in [0.05, 0.1) is 0 Å². The summed E-state index contributed by atoms with van der Waals surface area (Å²) in [6, 6.07) is 0. The van der Waals surface area contributed by atoms with E-state index in [2.05, 4.69) is 30.9 Å².